The lowest BCUT2D eigenvalue weighted by atomic mass is 10.0. The third-order valence-corrected chi connectivity index (χ3v) is 4.50. The second-order valence-electron chi connectivity index (χ2n) is 6.36. The normalized spacial score (nSPS) is 21.6. The zero-order valence-corrected chi connectivity index (χ0v) is 15.5. The fraction of sp³-hybridized carbons (Fsp3) is 1.00. The fourth-order valence-corrected chi connectivity index (χ4v) is 3.18. The van der Waals surface area contributed by atoms with Gasteiger partial charge in [0.05, 0.1) is 0 Å². The van der Waals surface area contributed by atoms with Crippen LogP contribution in [0.5, 0.6) is 0 Å². The highest BCUT2D eigenvalue weighted by Gasteiger charge is 1.96. The molecule has 0 radical (unpaired) electrons. The predicted molar refractivity (Wildman–Crippen MR) is 107 cm³/mol. The largest absolute Gasteiger partial charge is 0.107 e. The summed E-state index contributed by atoms with van der Waals surface area (Å²) in [5.41, 5.74) is 0. The van der Waals surface area contributed by atoms with Crippen molar-refractivity contribution in [2.45, 2.75) is 123 Å². The minimum absolute atomic E-state index is 0. The Kier molecular flexibility index (Phi) is 22.7. The van der Waals surface area contributed by atoms with Crippen molar-refractivity contribution in [1.29, 1.82) is 0 Å². The molecule has 3 saturated carbocycles. The first kappa shape index (κ1) is 23.0. The second kappa shape index (κ2) is 19.7. The molecule has 0 aromatic heterocycles. The summed E-state index contributed by atoms with van der Waals surface area (Å²) in [7, 11) is 0. The monoisotopic (exact) mass is 398 g/mol. The van der Waals surface area contributed by atoms with Gasteiger partial charge in [0.2, 0.25) is 0 Å². The number of rotatable bonds is 0. The molecule has 0 spiro atoms. The highest BCUT2D eigenvalue weighted by atomic mass is 127. The van der Waals surface area contributed by atoms with E-state index in [9.17, 15) is 0 Å². The molecule has 3 rings (SSSR count). The van der Waals surface area contributed by atoms with E-state index < -0.39 is 0 Å². The number of hydrogen-bond donors (Lipinski definition) is 0. The quantitative estimate of drug-likeness (QED) is 0.359. The Hall–Kier alpha value is 0.730. The van der Waals surface area contributed by atoms with Gasteiger partial charge < -0.3 is 0 Å². The van der Waals surface area contributed by atoms with Crippen LogP contribution in [-0.4, -0.2) is 0 Å². The molecule has 0 bridgehead atoms. The van der Waals surface area contributed by atoms with Crippen molar-refractivity contribution in [3.05, 3.63) is 0 Å². The maximum atomic E-state index is 1.50. The molecule has 3 aliphatic carbocycles. The Morgan fingerprint density at radius 2 is 0.300 bits per heavy atom. The average molecular weight is 398 g/mol. The summed E-state index contributed by atoms with van der Waals surface area (Å²) in [6.45, 7) is 0. The van der Waals surface area contributed by atoms with Crippen LogP contribution in [-0.2, 0) is 0 Å². The van der Waals surface area contributed by atoms with E-state index in [0.717, 1.165) is 0 Å². The molecule has 126 valence electrons. The Bertz CT molecular complexity index is 86.6. The molecule has 0 aromatic carbocycles. The second-order valence-corrected chi connectivity index (χ2v) is 6.36. The van der Waals surface area contributed by atoms with Crippen molar-refractivity contribution in [3.63, 3.8) is 0 Å². The van der Waals surface area contributed by atoms with Crippen molar-refractivity contribution in [1.82, 2.24) is 0 Å². The van der Waals surface area contributed by atoms with Gasteiger partial charge in [-0.1, -0.05) is 123 Å². The molecule has 3 fully saturated rings. The molecule has 0 heterocycles. The van der Waals surface area contributed by atoms with Gasteiger partial charge in [-0.25, -0.2) is 0 Å². The summed E-state index contributed by atoms with van der Waals surface area (Å²) in [5.74, 6) is 0. The summed E-state index contributed by atoms with van der Waals surface area (Å²) in [6.07, 6.45) is 27.0. The van der Waals surface area contributed by atoms with E-state index in [1.807, 2.05) is 0 Å². The van der Waals surface area contributed by atoms with Gasteiger partial charge >= 0.3 is 0 Å². The topological polar surface area (TPSA) is 0 Å². The SMILES string of the molecule is C.C1CCCCC1.C1CCCCC1.C1CCCCC1.I.[HH]. The fourth-order valence-electron chi connectivity index (χ4n) is 3.18. The van der Waals surface area contributed by atoms with Crippen LogP contribution >= 0.6 is 24.0 Å². The van der Waals surface area contributed by atoms with E-state index in [0.29, 0.717) is 0 Å². The summed E-state index contributed by atoms with van der Waals surface area (Å²) < 4.78 is 0. The van der Waals surface area contributed by atoms with E-state index in [4.69, 9.17) is 0 Å². The summed E-state index contributed by atoms with van der Waals surface area (Å²) in [6, 6.07) is 0. The van der Waals surface area contributed by atoms with Crippen molar-refractivity contribution >= 4 is 24.0 Å². The Morgan fingerprint density at radius 1 is 0.250 bits per heavy atom. The van der Waals surface area contributed by atoms with Gasteiger partial charge in [-0.15, -0.1) is 24.0 Å². The molecular weight excluding hydrogens is 355 g/mol. The van der Waals surface area contributed by atoms with Gasteiger partial charge in [-0.05, 0) is 0 Å². The van der Waals surface area contributed by atoms with Gasteiger partial charge in [0.1, 0.15) is 0 Å². The molecule has 0 N–H and O–H groups in total. The zero-order valence-electron chi connectivity index (χ0n) is 13.1. The van der Waals surface area contributed by atoms with Crippen LogP contribution in [0.2, 0.25) is 0 Å². The zero-order chi connectivity index (χ0) is 12.7. The van der Waals surface area contributed by atoms with E-state index >= 15 is 0 Å². The first-order valence-electron chi connectivity index (χ1n) is 9.00. The van der Waals surface area contributed by atoms with Crippen LogP contribution in [0.4, 0.5) is 0 Å². The molecule has 0 aliphatic heterocycles. The molecule has 3 aliphatic rings. The van der Waals surface area contributed by atoms with Crippen molar-refractivity contribution in [3.8, 4) is 0 Å². The standard InChI is InChI=1S/3C6H12.CH4.HI.H2/c3*1-2-4-6-5-3-1;;;/h3*1-6H2;1H4;2*1H. The van der Waals surface area contributed by atoms with E-state index in [1.54, 1.807) is 0 Å². The predicted octanol–water partition coefficient (Wildman–Crippen LogP) is 8.52. The van der Waals surface area contributed by atoms with Crippen LogP contribution < -0.4 is 0 Å². The van der Waals surface area contributed by atoms with Gasteiger partial charge in [0.25, 0.3) is 0 Å². The molecule has 0 unspecified atom stereocenters. The lowest BCUT2D eigenvalue weighted by Gasteiger charge is -2.05. The third-order valence-electron chi connectivity index (χ3n) is 4.50. The van der Waals surface area contributed by atoms with E-state index in [2.05, 4.69) is 0 Å². The highest BCUT2D eigenvalue weighted by Crippen LogP contribution is 2.16. The van der Waals surface area contributed by atoms with Gasteiger partial charge in [-0.3, -0.25) is 0 Å². The lowest BCUT2D eigenvalue weighted by Crippen LogP contribution is -1.85. The van der Waals surface area contributed by atoms with Crippen LogP contribution in [0.1, 0.15) is 124 Å². The average Bonchev–Trinajstić information content (AvgIpc) is 2.54. The molecule has 0 saturated heterocycles. The smallest absolute Gasteiger partial charge is 0 e. The summed E-state index contributed by atoms with van der Waals surface area (Å²) in [4.78, 5) is 0. The Labute approximate surface area is 148 Å². The summed E-state index contributed by atoms with van der Waals surface area (Å²) in [5, 5.41) is 0. The van der Waals surface area contributed by atoms with Gasteiger partial charge in [0, 0.05) is 1.43 Å². The molecule has 0 atom stereocenters. The maximum absolute atomic E-state index is 1.50. The minimum Gasteiger partial charge on any atom is -0.107 e. The Balaban J connectivity index is -0.000000216. The van der Waals surface area contributed by atoms with Crippen LogP contribution in [0.15, 0.2) is 0 Å². The molecular formula is C19H43I. The third kappa shape index (κ3) is 16.8. The molecule has 0 amide bonds. The first-order valence-corrected chi connectivity index (χ1v) is 9.00. The van der Waals surface area contributed by atoms with Crippen molar-refractivity contribution < 1.29 is 1.43 Å². The van der Waals surface area contributed by atoms with E-state index in [1.165, 1.54) is 116 Å². The van der Waals surface area contributed by atoms with E-state index in [-0.39, 0.29) is 32.8 Å². The molecule has 1 heteroatoms. The Morgan fingerprint density at radius 3 is 0.350 bits per heavy atom. The van der Waals surface area contributed by atoms with Crippen LogP contribution in [0, 0.1) is 0 Å². The van der Waals surface area contributed by atoms with Gasteiger partial charge in [0.15, 0.2) is 0 Å². The lowest BCUT2D eigenvalue weighted by molar-refractivity contribution is 0.504. The van der Waals surface area contributed by atoms with Crippen LogP contribution in [0.3, 0.4) is 0 Å². The molecule has 0 aromatic rings. The number of halogens is 1. The van der Waals surface area contributed by atoms with Crippen molar-refractivity contribution in [2.24, 2.45) is 0 Å². The summed E-state index contributed by atoms with van der Waals surface area (Å²) >= 11 is 0. The highest BCUT2D eigenvalue weighted by molar-refractivity contribution is 14.0. The molecule has 0 nitrogen and oxygen atoms in total. The van der Waals surface area contributed by atoms with Crippen LogP contribution in [0.25, 0.3) is 0 Å². The first-order chi connectivity index (χ1) is 9.00. The molecule has 20 heavy (non-hydrogen) atoms. The maximum Gasteiger partial charge on any atom is 0 e. The van der Waals surface area contributed by atoms with Crippen molar-refractivity contribution in [2.75, 3.05) is 0 Å². The van der Waals surface area contributed by atoms with Gasteiger partial charge in [-0.2, -0.15) is 0 Å². The number of hydrogen-bond acceptors (Lipinski definition) is 0. The minimum atomic E-state index is 0.